The van der Waals surface area contributed by atoms with Gasteiger partial charge >= 0.3 is 12.0 Å². The number of nitrogens with zero attached hydrogens (tertiary/aromatic N) is 2. The number of aromatic nitrogens is 2. The van der Waals surface area contributed by atoms with Crippen LogP contribution in [0, 0.1) is 0 Å². The topological polar surface area (TPSA) is 87.3 Å². The van der Waals surface area contributed by atoms with E-state index in [0.717, 1.165) is 22.5 Å². The van der Waals surface area contributed by atoms with Crippen LogP contribution in [0.3, 0.4) is 0 Å². The van der Waals surface area contributed by atoms with E-state index in [-0.39, 0.29) is 6.03 Å². The second-order valence-electron chi connectivity index (χ2n) is 7.35. The molecule has 1 aliphatic heterocycles. The maximum atomic E-state index is 13.4. The van der Waals surface area contributed by atoms with Crippen molar-refractivity contribution < 1.29 is 14.3 Å². The second-order valence-corrected chi connectivity index (χ2v) is 7.76. The van der Waals surface area contributed by atoms with Crippen LogP contribution in [0.15, 0.2) is 60.9 Å². The van der Waals surface area contributed by atoms with Gasteiger partial charge in [-0.2, -0.15) is 0 Å². The molecule has 2 atom stereocenters. The van der Waals surface area contributed by atoms with Crippen molar-refractivity contribution in [1.82, 2.24) is 20.2 Å². The smallest absolute Gasteiger partial charge is 0.328 e. The van der Waals surface area contributed by atoms with Crippen LogP contribution in [0.25, 0.3) is 0 Å². The van der Waals surface area contributed by atoms with Gasteiger partial charge in [0, 0.05) is 30.1 Å². The minimum atomic E-state index is -0.813. The quantitative estimate of drug-likeness (QED) is 0.597. The zero-order chi connectivity index (χ0) is 21.8. The Morgan fingerprint density at radius 1 is 1.23 bits per heavy atom. The Bertz CT molecular complexity index is 1070. The average Bonchev–Trinajstić information content (AvgIpc) is 3.27. The fourth-order valence-electron chi connectivity index (χ4n) is 3.92. The van der Waals surface area contributed by atoms with Crippen LogP contribution in [0.4, 0.5) is 4.79 Å². The largest absolute Gasteiger partial charge is 0.467 e. The van der Waals surface area contributed by atoms with Gasteiger partial charge in [0.2, 0.25) is 0 Å². The Hall–Kier alpha value is -3.32. The maximum Gasteiger partial charge on any atom is 0.328 e. The molecule has 2 amide bonds. The summed E-state index contributed by atoms with van der Waals surface area (Å²) in [5, 5.41) is 3.41. The van der Waals surface area contributed by atoms with E-state index in [1.54, 1.807) is 17.3 Å². The van der Waals surface area contributed by atoms with Gasteiger partial charge in [0.1, 0.15) is 12.1 Å². The van der Waals surface area contributed by atoms with Crippen molar-refractivity contribution in [1.29, 1.82) is 0 Å². The predicted octanol–water partition coefficient (Wildman–Crippen LogP) is 3.50. The van der Waals surface area contributed by atoms with Crippen LogP contribution in [0.5, 0.6) is 0 Å². The first-order valence-corrected chi connectivity index (χ1v) is 10.4. The molecule has 3 aromatic rings. The molecule has 1 aliphatic rings. The van der Waals surface area contributed by atoms with E-state index >= 15 is 0 Å². The molecule has 2 heterocycles. The molecule has 0 spiro atoms. The van der Waals surface area contributed by atoms with Crippen LogP contribution in [0.2, 0.25) is 5.02 Å². The van der Waals surface area contributed by atoms with Crippen LogP contribution in [-0.4, -0.2) is 46.6 Å². The van der Waals surface area contributed by atoms with E-state index in [9.17, 15) is 9.59 Å². The summed E-state index contributed by atoms with van der Waals surface area (Å²) in [6.07, 6.45) is 2.59. The van der Waals surface area contributed by atoms with E-state index < -0.39 is 18.1 Å². The van der Waals surface area contributed by atoms with Gasteiger partial charge in [-0.05, 0) is 17.2 Å². The molecule has 2 aromatic carbocycles. The Kier molecular flexibility index (Phi) is 6.23. The Morgan fingerprint density at radius 3 is 2.71 bits per heavy atom. The summed E-state index contributed by atoms with van der Waals surface area (Å²) in [7, 11) is 1.32. The molecule has 0 saturated heterocycles. The zero-order valence-corrected chi connectivity index (χ0v) is 17.8. The van der Waals surface area contributed by atoms with Gasteiger partial charge in [0.05, 0.1) is 19.1 Å². The first-order chi connectivity index (χ1) is 15.1. The van der Waals surface area contributed by atoms with Crippen molar-refractivity contribution >= 4 is 23.6 Å². The number of methoxy groups -OCH3 is 1. The van der Waals surface area contributed by atoms with E-state index in [1.807, 2.05) is 48.5 Å². The number of ether oxygens (including phenoxy) is 1. The fourth-order valence-corrected chi connectivity index (χ4v) is 4.16. The number of H-pyrrole nitrogens is 1. The number of esters is 1. The summed E-state index contributed by atoms with van der Waals surface area (Å²) in [5.74, 6) is -0.496. The summed E-state index contributed by atoms with van der Waals surface area (Å²) in [4.78, 5) is 35.1. The zero-order valence-electron chi connectivity index (χ0n) is 17.0. The first-order valence-electron chi connectivity index (χ1n) is 10.0. The molecule has 1 aromatic heterocycles. The van der Waals surface area contributed by atoms with Gasteiger partial charge in [-0.25, -0.2) is 14.6 Å². The van der Waals surface area contributed by atoms with Gasteiger partial charge in [0.15, 0.2) is 0 Å². The summed E-state index contributed by atoms with van der Waals surface area (Å²) in [6, 6.07) is 15.3. The number of carbonyl (C=O) groups is 2. The van der Waals surface area contributed by atoms with Crippen LogP contribution in [0.1, 0.15) is 28.6 Å². The molecule has 0 fully saturated rings. The minimum absolute atomic E-state index is 0.331. The third-order valence-electron chi connectivity index (χ3n) is 5.45. The van der Waals surface area contributed by atoms with Gasteiger partial charge in [-0.15, -0.1) is 0 Å². The van der Waals surface area contributed by atoms with Crippen molar-refractivity contribution in [3.05, 3.63) is 88.5 Å². The number of hydrogen-bond donors (Lipinski definition) is 2. The molecule has 0 unspecified atom stereocenters. The third kappa shape index (κ3) is 4.41. The summed E-state index contributed by atoms with van der Waals surface area (Å²) < 4.78 is 4.94. The Balaban J connectivity index is 1.62. The lowest BCUT2D eigenvalue weighted by Gasteiger charge is -2.36. The molecule has 0 aliphatic carbocycles. The molecular weight excluding hydrogens is 416 g/mol. The molecule has 31 heavy (non-hydrogen) atoms. The number of halogens is 1. The van der Waals surface area contributed by atoms with E-state index in [1.165, 1.54) is 7.11 Å². The SMILES string of the molecule is COC(=O)[C@@H](Cc1ccccc1)NC(=O)N1CCc2[nH]cnc2[C@@H]1c1ccccc1Cl. The lowest BCUT2D eigenvalue weighted by atomic mass is 9.96. The summed E-state index contributed by atoms with van der Waals surface area (Å²) >= 11 is 6.48. The van der Waals surface area contributed by atoms with Crippen molar-refractivity contribution in [2.24, 2.45) is 0 Å². The Labute approximate surface area is 185 Å². The van der Waals surface area contributed by atoms with Crippen molar-refractivity contribution in [3.8, 4) is 0 Å². The Morgan fingerprint density at radius 2 is 1.97 bits per heavy atom. The molecule has 0 saturated carbocycles. The lowest BCUT2D eigenvalue weighted by molar-refractivity contribution is -0.142. The number of hydrogen-bond acceptors (Lipinski definition) is 4. The average molecular weight is 439 g/mol. The number of aromatic amines is 1. The van der Waals surface area contributed by atoms with Crippen molar-refractivity contribution in [3.63, 3.8) is 0 Å². The standard InChI is InChI=1S/C23H23ClN4O3/c1-31-22(29)19(13-15-7-3-2-4-8-15)27-23(30)28-12-11-18-20(26-14-25-18)21(28)16-9-5-6-10-17(16)24/h2-10,14,19,21H,11-13H2,1H3,(H,25,26)(H,27,30)/t19-,21+/m1/s1. The molecule has 160 valence electrons. The number of imidazole rings is 1. The minimum Gasteiger partial charge on any atom is -0.467 e. The first kappa shape index (κ1) is 20.9. The third-order valence-corrected chi connectivity index (χ3v) is 5.80. The number of urea groups is 1. The van der Waals surface area contributed by atoms with Crippen molar-refractivity contribution in [2.45, 2.75) is 24.9 Å². The number of rotatable bonds is 5. The molecule has 8 heteroatoms. The number of benzene rings is 2. The van der Waals surface area contributed by atoms with E-state index in [0.29, 0.717) is 24.4 Å². The van der Waals surface area contributed by atoms with E-state index in [2.05, 4.69) is 15.3 Å². The van der Waals surface area contributed by atoms with Crippen LogP contribution >= 0.6 is 11.6 Å². The highest BCUT2D eigenvalue weighted by molar-refractivity contribution is 6.31. The highest BCUT2D eigenvalue weighted by atomic mass is 35.5. The predicted molar refractivity (Wildman–Crippen MR) is 117 cm³/mol. The molecule has 2 N–H and O–H groups in total. The highest BCUT2D eigenvalue weighted by Crippen LogP contribution is 2.36. The molecule has 0 bridgehead atoms. The normalized spacial score (nSPS) is 16.3. The molecule has 7 nitrogen and oxygen atoms in total. The number of amides is 2. The fraction of sp³-hybridized carbons (Fsp3) is 0.261. The van der Waals surface area contributed by atoms with Crippen molar-refractivity contribution in [2.75, 3.05) is 13.7 Å². The molecule has 0 radical (unpaired) electrons. The van der Waals surface area contributed by atoms with Crippen LogP contribution in [-0.2, 0) is 22.4 Å². The van der Waals surface area contributed by atoms with Gasteiger partial charge in [-0.3, -0.25) is 0 Å². The highest BCUT2D eigenvalue weighted by Gasteiger charge is 2.36. The summed E-state index contributed by atoms with van der Waals surface area (Å²) in [5.41, 5.74) is 3.44. The number of nitrogens with one attached hydrogen (secondary N) is 2. The maximum absolute atomic E-state index is 13.4. The molecular formula is C23H23ClN4O3. The number of fused-ring (bicyclic) bond motifs is 1. The van der Waals surface area contributed by atoms with Gasteiger partial charge in [-0.1, -0.05) is 60.1 Å². The van der Waals surface area contributed by atoms with Crippen LogP contribution < -0.4 is 5.32 Å². The van der Waals surface area contributed by atoms with Gasteiger partial charge < -0.3 is 19.9 Å². The molecule has 4 rings (SSSR count). The monoisotopic (exact) mass is 438 g/mol. The second kappa shape index (κ2) is 9.22. The van der Waals surface area contributed by atoms with E-state index in [4.69, 9.17) is 16.3 Å². The van der Waals surface area contributed by atoms with Gasteiger partial charge in [0.25, 0.3) is 0 Å². The lowest BCUT2D eigenvalue weighted by Crippen LogP contribution is -2.52. The number of carbonyl (C=O) groups excluding carboxylic acids is 2. The summed E-state index contributed by atoms with van der Waals surface area (Å²) in [6.45, 7) is 0.455.